The van der Waals surface area contributed by atoms with Crippen LogP contribution in [0.1, 0.15) is 46.2 Å². The van der Waals surface area contributed by atoms with Gasteiger partial charge in [0.1, 0.15) is 0 Å². The van der Waals surface area contributed by atoms with Crippen molar-refractivity contribution in [2.45, 2.75) is 70.4 Å². The van der Waals surface area contributed by atoms with Crippen LogP contribution in [-0.4, -0.2) is 29.8 Å². The van der Waals surface area contributed by atoms with Gasteiger partial charge in [0, 0.05) is 18.6 Å². The Morgan fingerprint density at radius 1 is 0.568 bits per heavy atom. The summed E-state index contributed by atoms with van der Waals surface area (Å²) < 4.78 is 13.4. The van der Waals surface area contributed by atoms with Crippen LogP contribution in [0.2, 0.25) is 39.3 Å². The zero-order valence-corrected chi connectivity index (χ0v) is 32.9. The second-order valence-electron chi connectivity index (χ2n) is 13.9. The maximum atomic E-state index is 6.98. The topological polar surface area (TPSA) is 18.5 Å². The SMILES string of the molecule is C[Si](C)(C)OCCCC(CO[Si](C)(C)C)(c1cccc2c1Cc1ccccc1-2)c1cccc2c1Cc1ccccc1-2.[Cl-].[Cl-].[Zr+2]. The maximum Gasteiger partial charge on any atom is 2.00 e. The molecule has 0 amide bonds. The zero-order valence-electron chi connectivity index (χ0n) is 26.9. The van der Waals surface area contributed by atoms with E-state index in [4.69, 9.17) is 8.85 Å². The van der Waals surface area contributed by atoms with Crippen molar-refractivity contribution in [2.24, 2.45) is 0 Å². The van der Waals surface area contributed by atoms with Gasteiger partial charge >= 0.3 is 26.2 Å². The molecule has 2 aliphatic carbocycles. The van der Waals surface area contributed by atoms with Crippen LogP contribution in [0.3, 0.4) is 0 Å². The summed E-state index contributed by atoms with van der Waals surface area (Å²) in [4.78, 5) is 0. The molecule has 44 heavy (non-hydrogen) atoms. The Balaban J connectivity index is 0.00000176. The van der Waals surface area contributed by atoms with Gasteiger partial charge in [0.05, 0.1) is 0 Å². The largest absolute Gasteiger partial charge is 2.00 e. The van der Waals surface area contributed by atoms with Gasteiger partial charge in [-0.05, 0) is 121 Å². The summed E-state index contributed by atoms with van der Waals surface area (Å²) in [5.41, 5.74) is 14.0. The first kappa shape index (κ1) is 37.2. The molecule has 0 saturated carbocycles. The van der Waals surface area contributed by atoms with Crippen LogP contribution in [0, 0.1) is 0 Å². The second kappa shape index (κ2) is 14.6. The first-order valence-electron chi connectivity index (χ1n) is 15.2. The summed E-state index contributed by atoms with van der Waals surface area (Å²) in [5.74, 6) is 0. The number of hydrogen-bond acceptors (Lipinski definition) is 2. The van der Waals surface area contributed by atoms with E-state index in [2.05, 4.69) is 124 Å². The minimum absolute atomic E-state index is 0. The minimum atomic E-state index is -1.81. The van der Waals surface area contributed by atoms with E-state index in [-0.39, 0.29) is 56.4 Å². The molecule has 4 aromatic rings. The third-order valence-corrected chi connectivity index (χ3v) is 10.8. The van der Waals surface area contributed by atoms with Gasteiger partial charge in [-0.15, -0.1) is 0 Å². The molecule has 0 radical (unpaired) electrons. The number of halogens is 2. The fourth-order valence-electron chi connectivity index (χ4n) is 6.95. The van der Waals surface area contributed by atoms with Crippen LogP contribution in [0.15, 0.2) is 84.9 Å². The van der Waals surface area contributed by atoms with Gasteiger partial charge in [-0.3, -0.25) is 0 Å². The summed E-state index contributed by atoms with van der Waals surface area (Å²) in [5, 5.41) is 0. The monoisotopic (exact) mass is 736 g/mol. The third kappa shape index (κ3) is 7.46. The van der Waals surface area contributed by atoms with Crippen LogP contribution < -0.4 is 24.8 Å². The van der Waals surface area contributed by atoms with Crippen LogP contribution >= 0.6 is 0 Å². The van der Waals surface area contributed by atoms with Crippen molar-refractivity contribution < 1.29 is 59.9 Å². The van der Waals surface area contributed by atoms with Gasteiger partial charge in [-0.25, -0.2) is 0 Å². The van der Waals surface area contributed by atoms with E-state index < -0.39 is 16.6 Å². The predicted molar refractivity (Wildman–Crippen MR) is 178 cm³/mol. The Labute approximate surface area is 298 Å². The Morgan fingerprint density at radius 3 is 1.45 bits per heavy atom. The van der Waals surface area contributed by atoms with Gasteiger partial charge in [-0.1, -0.05) is 84.9 Å². The first-order chi connectivity index (χ1) is 19.6. The third-order valence-electron chi connectivity index (χ3n) is 8.77. The van der Waals surface area contributed by atoms with Gasteiger partial charge in [0.15, 0.2) is 16.6 Å². The van der Waals surface area contributed by atoms with Gasteiger partial charge < -0.3 is 33.7 Å². The average Bonchev–Trinajstić information content (AvgIpc) is 3.50. The summed E-state index contributed by atoms with van der Waals surface area (Å²) in [6.45, 7) is 15.3. The van der Waals surface area contributed by atoms with E-state index in [0.717, 1.165) is 32.3 Å². The molecule has 7 heteroatoms. The van der Waals surface area contributed by atoms with Crippen LogP contribution in [0.4, 0.5) is 0 Å². The molecule has 2 aliphatic rings. The molecule has 0 fully saturated rings. The Hall–Kier alpha value is -1.30. The normalized spacial score (nSPS) is 13.0. The zero-order chi connectivity index (χ0) is 28.8. The fourth-order valence-corrected chi connectivity index (χ4v) is 8.38. The number of hydrogen-bond donors (Lipinski definition) is 0. The fraction of sp³-hybridized carbons (Fsp3) is 0.351. The van der Waals surface area contributed by atoms with Crippen molar-refractivity contribution in [3.05, 3.63) is 118 Å². The predicted octanol–water partition coefficient (Wildman–Crippen LogP) is 3.60. The Kier molecular flexibility index (Phi) is 12.4. The molecule has 4 aromatic carbocycles. The molecule has 0 N–H and O–H groups in total. The minimum Gasteiger partial charge on any atom is -1.00 e. The van der Waals surface area contributed by atoms with Crippen molar-refractivity contribution in [1.82, 2.24) is 0 Å². The smallest absolute Gasteiger partial charge is 1.00 e. The van der Waals surface area contributed by atoms with Gasteiger partial charge in [0.2, 0.25) is 0 Å². The second-order valence-corrected chi connectivity index (χ2v) is 22.9. The van der Waals surface area contributed by atoms with Crippen molar-refractivity contribution in [1.29, 1.82) is 0 Å². The summed E-state index contributed by atoms with van der Waals surface area (Å²) in [6.07, 6.45) is 3.97. The van der Waals surface area contributed by atoms with E-state index in [9.17, 15) is 0 Å². The summed E-state index contributed by atoms with van der Waals surface area (Å²) in [7, 11) is -3.42. The Morgan fingerprint density at radius 2 is 1.00 bits per heavy atom. The van der Waals surface area contributed by atoms with Crippen LogP contribution in [-0.2, 0) is 53.3 Å². The molecule has 0 bridgehead atoms. The molecular formula is C37H44Cl2O2Si2Zr. The molecule has 0 spiro atoms. The van der Waals surface area contributed by atoms with Crippen molar-refractivity contribution >= 4 is 16.6 Å². The average molecular weight is 739 g/mol. The molecular weight excluding hydrogens is 695 g/mol. The molecule has 0 aromatic heterocycles. The van der Waals surface area contributed by atoms with E-state index >= 15 is 0 Å². The molecule has 230 valence electrons. The molecule has 0 saturated heterocycles. The number of benzene rings is 4. The van der Waals surface area contributed by atoms with Crippen molar-refractivity contribution in [2.75, 3.05) is 13.2 Å². The van der Waals surface area contributed by atoms with E-state index in [1.165, 1.54) is 55.6 Å². The molecule has 0 atom stereocenters. The van der Waals surface area contributed by atoms with E-state index in [1.54, 1.807) is 0 Å². The summed E-state index contributed by atoms with van der Waals surface area (Å²) >= 11 is 0. The first-order valence-corrected chi connectivity index (χ1v) is 22.1. The van der Waals surface area contributed by atoms with Gasteiger partial charge in [0.25, 0.3) is 0 Å². The summed E-state index contributed by atoms with van der Waals surface area (Å²) in [6, 6.07) is 32.0. The molecule has 0 heterocycles. The number of fused-ring (bicyclic) bond motifs is 6. The van der Waals surface area contributed by atoms with Crippen molar-refractivity contribution in [3.63, 3.8) is 0 Å². The van der Waals surface area contributed by atoms with E-state index in [0.29, 0.717) is 6.61 Å². The molecule has 6 rings (SSSR count). The van der Waals surface area contributed by atoms with Gasteiger partial charge in [-0.2, -0.15) is 0 Å². The quantitative estimate of drug-likeness (QED) is 0.158. The maximum absolute atomic E-state index is 6.98. The van der Waals surface area contributed by atoms with E-state index in [1.807, 2.05) is 0 Å². The molecule has 0 unspecified atom stereocenters. The van der Waals surface area contributed by atoms with Crippen LogP contribution in [0.25, 0.3) is 22.3 Å². The standard InChI is InChI=1S/C37H44O2Si2.2ClH.Zr/c1-40(2,3)38-23-13-22-37(26-39-41(4,5)6,35-20-11-18-31-29-16-9-7-14-27(29)24-33(31)35)36-21-12-19-32-30-17-10-8-15-28(30)25-34(32)36;;;/h7-12,14-21H,13,22-26H2,1-6H3;2*1H;/q;;;+2/p-2. The molecule has 0 aliphatic heterocycles. The van der Waals surface area contributed by atoms with Crippen LogP contribution in [0.5, 0.6) is 0 Å². The molecule has 2 nitrogen and oxygen atoms in total. The number of rotatable bonds is 10. The Bertz CT molecular complexity index is 1500. The van der Waals surface area contributed by atoms with Crippen molar-refractivity contribution in [3.8, 4) is 22.3 Å².